The number of carbonyl (C=O) groups excluding carboxylic acids is 1. The van der Waals surface area contributed by atoms with E-state index in [1.54, 1.807) is 30.3 Å². The number of benzene rings is 3. The number of hydrogen-bond donors (Lipinski definition) is 0. The normalized spacial score (nSPS) is 12.2. The lowest BCUT2D eigenvalue weighted by Gasteiger charge is -2.16. The number of pyridine rings is 1. The fraction of sp³-hybridized carbons (Fsp3) is 0.0833. The molecule has 0 bridgehead atoms. The molecule has 0 N–H and O–H groups in total. The van der Waals surface area contributed by atoms with Crippen LogP contribution in [0.4, 0.5) is 26.3 Å². The van der Waals surface area contributed by atoms with Gasteiger partial charge in [-0.1, -0.05) is 54.6 Å². The van der Waals surface area contributed by atoms with Crippen LogP contribution in [0.3, 0.4) is 0 Å². The van der Waals surface area contributed by atoms with Gasteiger partial charge in [-0.3, -0.25) is 9.78 Å². The van der Waals surface area contributed by atoms with Crippen molar-refractivity contribution in [2.24, 2.45) is 0 Å². The molecule has 1 heterocycles. The average molecular weight is 445 g/mol. The molecule has 0 amide bonds. The Labute approximate surface area is 178 Å². The molecule has 0 fully saturated rings. The highest BCUT2D eigenvalue weighted by molar-refractivity contribution is 6.16. The van der Waals surface area contributed by atoms with Gasteiger partial charge in [0.05, 0.1) is 16.6 Å². The largest absolute Gasteiger partial charge is 0.418 e. The van der Waals surface area contributed by atoms with Crippen molar-refractivity contribution in [1.29, 1.82) is 0 Å². The molecule has 162 valence electrons. The summed E-state index contributed by atoms with van der Waals surface area (Å²) in [6.07, 6.45) is -8.17. The Morgan fingerprint density at radius 3 is 1.97 bits per heavy atom. The smallest absolute Gasteiger partial charge is 0.289 e. The summed E-state index contributed by atoms with van der Waals surface area (Å²) in [6.45, 7) is 0. The molecule has 8 heteroatoms. The predicted molar refractivity (Wildman–Crippen MR) is 107 cm³/mol. The number of fused-ring (bicyclic) bond motifs is 1. The Morgan fingerprint density at radius 1 is 0.719 bits per heavy atom. The van der Waals surface area contributed by atoms with Crippen molar-refractivity contribution in [2.75, 3.05) is 0 Å². The maximum atomic E-state index is 13.5. The molecule has 0 saturated carbocycles. The molecule has 0 aliphatic heterocycles. The molecule has 4 aromatic rings. The van der Waals surface area contributed by atoms with E-state index >= 15 is 0 Å². The highest BCUT2D eigenvalue weighted by atomic mass is 19.4. The minimum absolute atomic E-state index is 0.0113. The lowest BCUT2D eigenvalue weighted by molar-refractivity contribution is -0.138. The number of halogens is 6. The average Bonchev–Trinajstić information content (AvgIpc) is 2.77. The number of carbonyl (C=O) groups is 1. The summed E-state index contributed by atoms with van der Waals surface area (Å²) in [4.78, 5) is 17.1. The summed E-state index contributed by atoms with van der Waals surface area (Å²) in [5.74, 6) is -0.649. The maximum absolute atomic E-state index is 13.5. The van der Waals surface area contributed by atoms with Crippen LogP contribution in [0, 0.1) is 0 Å². The monoisotopic (exact) mass is 445 g/mol. The van der Waals surface area contributed by atoms with Gasteiger partial charge < -0.3 is 0 Å². The number of aromatic nitrogens is 1. The zero-order chi connectivity index (χ0) is 23.1. The summed E-state index contributed by atoms with van der Waals surface area (Å²) in [6, 6.07) is 15.5. The first kappa shape index (κ1) is 21.5. The zero-order valence-corrected chi connectivity index (χ0v) is 16.1. The van der Waals surface area contributed by atoms with Gasteiger partial charge in [0.1, 0.15) is 0 Å². The number of ketones is 1. The van der Waals surface area contributed by atoms with Gasteiger partial charge in [-0.05, 0) is 23.8 Å². The van der Waals surface area contributed by atoms with E-state index in [0.29, 0.717) is 5.56 Å². The second kappa shape index (κ2) is 7.78. The lowest BCUT2D eigenvalue weighted by Crippen LogP contribution is -2.10. The van der Waals surface area contributed by atoms with Gasteiger partial charge in [-0.2, -0.15) is 26.3 Å². The quantitative estimate of drug-likeness (QED) is 0.247. The maximum Gasteiger partial charge on any atom is 0.418 e. The molecule has 0 aliphatic rings. The second-order valence-electron chi connectivity index (χ2n) is 7.02. The highest BCUT2D eigenvalue weighted by Gasteiger charge is 2.34. The SMILES string of the molecule is O=C(c1ccc(C(F)(F)F)cc1)c1cnc2c(C(F)(F)F)cccc2c1-c1ccccc1. The van der Waals surface area contributed by atoms with Crippen molar-refractivity contribution in [2.45, 2.75) is 12.4 Å². The summed E-state index contributed by atoms with van der Waals surface area (Å²) in [7, 11) is 0. The summed E-state index contributed by atoms with van der Waals surface area (Å²) in [5, 5.41) is 0.115. The number of rotatable bonds is 3. The Hall–Kier alpha value is -3.68. The number of nitrogens with zero attached hydrogens (tertiary/aromatic N) is 1. The minimum atomic E-state index is -4.65. The predicted octanol–water partition coefficient (Wildman–Crippen LogP) is 7.17. The first-order chi connectivity index (χ1) is 15.1. The van der Waals surface area contributed by atoms with Gasteiger partial charge >= 0.3 is 12.4 Å². The van der Waals surface area contributed by atoms with E-state index in [1.165, 1.54) is 12.1 Å². The van der Waals surface area contributed by atoms with Gasteiger partial charge in [0.15, 0.2) is 5.78 Å². The fourth-order valence-electron chi connectivity index (χ4n) is 3.51. The van der Waals surface area contributed by atoms with Crippen LogP contribution in [0.15, 0.2) is 79.0 Å². The Kier molecular flexibility index (Phi) is 5.24. The van der Waals surface area contributed by atoms with Crippen LogP contribution >= 0.6 is 0 Å². The van der Waals surface area contributed by atoms with Gasteiger partial charge in [-0.25, -0.2) is 0 Å². The van der Waals surface area contributed by atoms with E-state index in [4.69, 9.17) is 0 Å². The molecule has 32 heavy (non-hydrogen) atoms. The molecule has 0 unspecified atom stereocenters. The molecule has 0 aliphatic carbocycles. The molecule has 3 aromatic carbocycles. The molecule has 0 spiro atoms. The lowest BCUT2D eigenvalue weighted by atomic mass is 9.91. The van der Waals surface area contributed by atoms with Crippen LogP contribution in [0.5, 0.6) is 0 Å². The van der Waals surface area contributed by atoms with Crippen LogP contribution in [0.1, 0.15) is 27.0 Å². The third-order valence-corrected chi connectivity index (χ3v) is 4.98. The number of para-hydroxylation sites is 1. The minimum Gasteiger partial charge on any atom is -0.289 e. The molecule has 0 saturated heterocycles. The van der Waals surface area contributed by atoms with Crippen molar-refractivity contribution in [3.05, 3.63) is 101 Å². The van der Waals surface area contributed by atoms with Gasteiger partial charge in [0, 0.05) is 28.3 Å². The van der Waals surface area contributed by atoms with E-state index in [0.717, 1.165) is 36.5 Å². The topological polar surface area (TPSA) is 30.0 Å². The molecule has 2 nitrogen and oxygen atoms in total. The fourth-order valence-corrected chi connectivity index (χ4v) is 3.51. The van der Waals surface area contributed by atoms with Crippen LogP contribution in [-0.2, 0) is 12.4 Å². The van der Waals surface area contributed by atoms with E-state index < -0.39 is 29.3 Å². The molecule has 4 rings (SSSR count). The van der Waals surface area contributed by atoms with Crippen LogP contribution in [-0.4, -0.2) is 10.8 Å². The Bertz CT molecular complexity index is 1290. The van der Waals surface area contributed by atoms with Crippen molar-refractivity contribution >= 4 is 16.7 Å². The van der Waals surface area contributed by atoms with E-state index in [9.17, 15) is 31.1 Å². The van der Waals surface area contributed by atoms with Crippen molar-refractivity contribution in [1.82, 2.24) is 4.98 Å². The third-order valence-electron chi connectivity index (χ3n) is 4.98. The van der Waals surface area contributed by atoms with Gasteiger partial charge in [-0.15, -0.1) is 0 Å². The first-order valence-corrected chi connectivity index (χ1v) is 9.33. The van der Waals surface area contributed by atoms with E-state index in [-0.39, 0.29) is 27.6 Å². The summed E-state index contributed by atoms with van der Waals surface area (Å²) < 4.78 is 79.1. The highest BCUT2D eigenvalue weighted by Crippen LogP contribution is 2.39. The van der Waals surface area contributed by atoms with Gasteiger partial charge in [0.2, 0.25) is 0 Å². The summed E-state index contributed by atoms with van der Waals surface area (Å²) >= 11 is 0. The Balaban J connectivity index is 1.94. The number of alkyl halides is 6. The summed E-state index contributed by atoms with van der Waals surface area (Å²) in [5.41, 5.74) is -1.51. The van der Waals surface area contributed by atoms with Gasteiger partial charge in [0.25, 0.3) is 0 Å². The van der Waals surface area contributed by atoms with Crippen molar-refractivity contribution in [3.63, 3.8) is 0 Å². The van der Waals surface area contributed by atoms with Crippen LogP contribution in [0.25, 0.3) is 22.0 Å². The molecule has 1 aromatic heterocycles. The molecule has 0 radical (unpaired) electrons. The number of hydrogen-bond acceptors (Lipinski definition) is 2. The Morgan fingerprint density at radius 2 is 1.38 bits per heavy atom. The molecule has 0 atom stereocenters. The standard InChI is InChI=1S/C24H13F6NO/c25-23(26,27)16-11-9-15(10-12-16)22(32)18-13-31-21-17(7-4-8-19(21)24(28,29)30)20(18)14-5-2-1-3-6-14/h1-13H. The van der Waals surface area contributed by atoms with Crippen molar-refractivity contribution < 1.29 is 31.1 Å². The van der Waals surface area contributed by atoms with E-state index in [2.05, 4.69) is 4.98 Å². The first-order valence-electron chi connectivity index (χ1n) is 9.33. The second-order valence-corrected chi connectivity index (χ2v) is 7.02. The van der Waals surface area contributed by atoms with Crippen LogP contribution in [0.2, 0.25) is 0 Å². The van der Waals surface area contributed by atoms with Crippen molar-refractivity contribution in [3.8, 4) is 11.1 Å². The third kappa shape index (κ3) is 3.95. The molecular formula is C24H13F6NO. The van der Waals surface area contributed by atoms with E-state index in [1.807, 2.05) is 0 Å². The van der Waals surface area contributed by atoms with Crippen LogP contribution < -0.4 is 0 Å². The molecular weight excluding hydrogens is 432 g/mol. The zero-order valence-electron chi connectivity index (χ0n) is 16.1.